The van der Waals surface area contributed by atoms with Crippen molar-refractivity contribution < 1.29 is 14.4 Å². The monoisotopic (exact) mass is 381 g/mol. The maximum atomic E-state index is 13.3. The molecule has 1 aliphatic rings. The summed E-state index contributed by atoms with van der Waals surface area (Å²) >= 11 is 0. The maximum Gasteiger partial charge on any atom is 0.227 e. The van der Waals surface area contributed by atoms with Crippen LogP contribution < -0.4 is 5.73 Å². The number of nitrogens with two attached hydrogens (primary N) is 1. The molecule has 0 aromatic heterocycles. The summed E-state index contributed by atoms with van der Waals surface area (Å²) in [7, 11) is 0. The highest BCUT2D eigenvalue weighted by Gasteiger charge is 2.38. The summed E-state index contributed by atoms with van der Waals surface area (Å²) in [5.74, 6) is -0.899. The van der Waals surface area contributed by atoms with Gasteiger partial charge in [-0.05, 0) is 45.4 Å². The lowest BCUT2D eigenvalue weighted by Crippen LogP contribution is -2.50. The molecule has 1 rings (SSSR count). The highest BCUT2D eigenvalue weighted by Crippen LogP contribution is 2.29. The van der Waals surface area contributed by atoms with Crippen LogP contribution >= 0.6 is 0 Å². The molecule has 1 heterocycles. The topological polar surface area (TPSA) is 83.7 Å². The summed E-state index contributed by atoms with van der Waals surface area (Å²) < 4.78 is 0. The van der Waals surface area contributed by atoms with Crippen LogP contribution in [0.1, 0.15) is 66.7 Å². The SMILES string of the molecule is CCCC(C(N)=O)C(CC(C)C)C(=O)N1CCCC(C(=O)N(CC)CC)C1. The third-order valence-electron chi connectivity index (χ3n) is 5.65. The van der Waals surface area contributed by atoms with E-state index in [1.165, 1.54) is 0 Å². The number of rotatable bonds is 10. The minimum Gasteiger partial charge on any atom is -0.369 e. The molecular formula is C21H39N3O3. The van der Waals surface area contributed by atoms with Crippen molar-refractivity contribution in [3.63, 3.8) is 0 Å². The van der Waals surface area contributed by atoms with E-state index in [1.807, 2.05) is 30.6 Å². The second kappa shape index (κ2) is 11.3. The van der Waals surface area contributed by atoms with Crippen molar-refractivity contribution in [1.82, 2.24) is 9.80 Å². The number of amides is 3. The number of hydrogen-bond donors (Lipinski definition) is 1. The molecule has 0 radical (unpaired) electrons. The second-order valence-corrected chi connectivity index (χ2v) is 8.17. The summed E-state index contributed by atoms with van der Waals surface area (Å²) in [6, 6.07) is 0. The quantitative estimate of drug-likeness (QED) is 0.631. The molecule has 3 unspecified atom stereocenters. The first-order chi connectivity index (χ1) is 12.8. The van der Waals surface area contributed by atoms with Crippen LogP contribution in [0.25, 0.3) is 0 Å². The molecule has 3 amide bonds. The van der Waals surface area contributed by atoms with Gasteiger partial charge in [0.25, 0.3) is 0 Å². The smallest absolute Gasteiger partial charge is 0.227 e. The summed E-state index contributed by atoms with van der Waals surface area (Å²) in [6.45, 7) is 12.6. The summed E-state index contributed by atoms with van der Waals surface area (Å²) in [5, 5.41) is 0. The lowest BCUT2D eigenvalue weighted by atomic mass is 9.80. The zero-order valence-corrected chi connectivity index (χ0v) is 17.9. The zero-order valence-electron chi connectivity index (χ0n) is 17.9. The van der Waals surface area contributed by atoms with E-state index in [4.69, 9.17) is 5.73 Å². The van der Waals surface area contributed by atoms with Gasteiger partial charge in [0.1, 0.15) is 0 Å². The molecule has 6 heteroatoms. The van der Waals surface area contributed by atoms with Gasteiger partial charge in [0.2, 0.25) is 17.7 Å². The molecule has 0 saturated carbocycles. The Morgan fingerprint density at radius 2 is 1.74 bits per heavy atom. The van der Waals surface area contributed by atoms with Crippen LogP contribution in [-0.2, 0) is 14.4 Å². The van der Waals surface area contributed by atoms with Gasteiger partial charge in [0.05, 0.1) is 5.92 Å². The van der Waals surface area contributed by atoms with Crippen LogP contribution in [0, 0.1) is 23.7 Å². The lowest BCUT2D eigenvalue weighted by Gasteiger charge is -2.37. The normalized spacial score (nSPS) is 19.6. The first-order valence-corrected chi connectivity index (χ1v) is 10.6. The van der Waals surface area contributed by atoms with Crippen LogP contribution in [0.15, 0.2) is 0 Å². The molecule has 27 heavy (non-hydrogen) atoms. The standard InChI is InChI=1S/C21H39N3O3/c1-6-10-17(19(22)25)18(13-15(4)5)21(27)24-12-9-11-16(14-24)20(26)23(7-2)8-3/h15-18H,6-14H2,1-5H3,(H2,22,25). The van der Waals surface area contributed by atoms with Gasteiger partial charge in [-0.3, -0.25) is 14.4 Å². The summed E-state index contributed by atoms with van der Waals surface area (Å²) in [6.07, 6.45) is 3.75. The van der Waals surface area contributed by atoms with E-state index in [2.05, 4.69) is 13.8 Å². The molecule has 156 valence electrons. The molecule has 1 aliphatic heterocycles. The summed E-state index contributed by atoms with van der Waals surface area (Å²) in [4.78, 5) is 41.7. The van der Waals surface area contributed by atoms with Gasteiger partial charge in [-0.15, -0.1) is 0 Å². The average molecular weight is 382 g/mol. The Labute approximate surface area is 164 Å². The van der Waals surface area contributed by atoms with Crippen molar-refractivity contribution in [2.75, 3.05) is 26.2 Å². The van der Waals surface area contributed by atoms with E-state index in [1.54, 1.807) is 0 Å². The van der Waals surface area contributed by atoms with Crippen molar-refractivity contribution in [1.29, 1.82) is 0 Å². The van der Waals surface area contributed by atoms with E-state index in [0.29, 0.717) is 44.9 Å². The number of carbonyl (C=O) groups is 3. The number of nitrogens with zero attached hydrogens (tertiary/aromatic N) is 2. The fraction of sp³-hybridized carbons (Fsp3) is 0.857. The van der Waals surface area contributed by atoms with Gasteiger partial charge in [-0.2, -0.15) is 0 Å². The van der Waals surface area contributed by atoms with Gasteiger partial charge in [0, 0.05) is 38.0 Å². The van der Waals surface area contributed by atoms with Crippen molar-refractivity contribution in [2.45, 2.75) is 66.7 Å². The number of carbonyl (C=O) groups excluding carboxylic acids is 3. The molecule has 1 fully saturated rings. The predicted molar refractivity (Wildman–Crippen MR) is 108 cm³/mol. The highest BCUT2D eigenvalue weighted by atomic mass is 16.2. The van der Waals surface area contributed by atoms with Crippen LogP contribution in [0.2, 0.25) is 0 Å². The fourth-order valence-electron chi connectivity index (χ4n) is 4.20. The zero-order chi connectivity index (χ0) is 20.6. The molecule has 2 N–H and O–H groups in total. The van der Waals surface area contributed by atoms with Gasteiger partial charge in [-0.1, -0.05) is 27.2 Å². The Balaban J connectivity index is 2.96. The molecule has 0 aromatic carbocycles. The Bertz CT molecular complexity index is 503. The number of primary amides is 1. The number of piperidine rings is 1. The average Bonchev–Trinajstić information content (AvgIpc) is 2.64. The Morgan fingerprint density at radius 1 is 1.11 bits per heavy atom. The molecule has 6 nitrogen and oxygen atoms in total. The van der Waals surface area contributed by atoms with E-state index in [0.717, 1.165) is 19.3 Å². The van der Waals surface area contributed by atoms with Crippen molar-refractivity contribution >= 4 is 17.7 Å². The Kier molecular flexibility index (Phi) is 9.81. The van der Waals surface area contributed by atoms with Crippen LogP contribution in [0.4, 0.5) is 0 Å². The molecule has 0 bridgehead atoms. The first-order valence-electron chi connectivity index (χ1n) is 10.6. The van der Waals surface area contributed by atoms with Crippen LogP contribution in [0.5, 0.6) is 0 Å². The number of hydrogen-bond acceptors (Lipinski definition) is 3. The van der Waals surface area contributed by atoms with Gasteiger partial charge in [0.15, 0.2) is 0 Å². The Hall–Kier alpha value is -1.59. The third kappa shape index (κ3) is 6.51. The molecule has 0 spiro atoms. The molecule has 3 atom stereocenters. The largest absolute Gasteiger partial charge is 0.369 e. The minimum atomic E-state index is -0.427. The predicted octanol–water partition coefficient (Wildman–Crippen LogP) is 2.66. The molecule has 0 aromatic rings. The van der Waals surface area contributed by atoms with Crippen LogP contribution in [0.3, 0.4) is 0 Å². The van der Waals surface area contributed by atoms with E-state index in [9.17, 15) is 14.4 Å². The van der Waals surface area contributed by atoms with Crippen LogP contribution in [-0.4, -0.2) is 53.7 Å². The third-order valence-corrected chi connectivity index (χ3v) is 5.65. The maximum absolute atomic E-state index is 13.3. The van der Waals surface area contributed by atoms with Crippen molar-refractivity contribution in [2.24, 2.45) is 29.4 Å². The molecule has 1 saturated heterocycles. The van der Waals surface area contributed by atoms with Gasteiger partial charge in [-0.25, -0.2) is 0 Å². The second-order valence-electron chi connectivity index (χ2n) is 8.17. The first kappa shape index (κ1) is 23.4. The lowest BCUT2D eigenvalue weighted by molar-refractivity contribution is -0.146. The van der Waals surface area contributed by atoms with E-state index < -0.39 is 5.92 Å². The Morgan fingerprint density at radius 3 is 2.22 bits per heavy atom. The highest BCUT2D eigenvalue weighted by molar-refractivity contribution is 5.87. The van der Waals surface area contributed by atoms with E-state index in [-0.39, 0.29) is 29.6 Å². The molecule has 0 aliphatic carbocycles. The van der Waals surface area contributed by atoms with Gasteiger partial charge >= 0.3 is 0 Å². The summed E-state index contributed by atoms with van der Waals surface area (Å²) in [5.41, 5.74) is 5.65. The van der Waals surface area contributed by atoms with Crippen molar-refractivity contribution in [3.8, 4) is 0 Å². The molecular weight excluding hydrogens is 342 g/mol. The fourth-order valence-corrected chi connectivity index (χ4v) is 4.20. The van der Waals surface area contributed by atoms with E-state index >= 15 is 0 Å². The minimum absolute atomic E-state index is 0.00185. The number of likely N-dealkylation sites (tertiary alicyclic amines) is 1. The van der Waals surface area contributed by atoms with Gasteiger partial charge < -0.3 is 15.5 Å². The van der Waals surface area contributed by atoms with Crippen molar-refractivity contribution in [3.05, 3.63) is 0 Å².